The minimum atomic E-state index is -4.42. The maximum absolute atomic E-state index is 12.6. The summed E-state index contributed by atoms with van der Waals surface area (Å²) >= 11 is 6.02. The lowest BCUT2D eigenvalue weighted by Crippen LogP contribution is -2.03. The summed E-state index contributed by atoms with van der Waals surface area (Å²) < 4.78 is 43.2. The monoisotopic (exact) mass is 337 g/mol. The fourth-order valence-electron chi connectivity index (χ4n) is 2.07. The van der Waals surface area contributed by atoms with Crippen LogP contribution in [0.4, 0.5) is 24.5 Å². The molecule has 0 bridgehead atoms. The SMILES string of the molecule is [C-]#[N+]c1cc(Cl)c2oc(-c3ccc(C(F)(F)F)cc3)nc2c1N. The zero-order chi connectivity index (χ0) is 16.8. The number of oxazole rings is 1. The van der Waals surface area contributed by atoms with Gasteiger partial charge in [0.05, 0.1) is 22.8 Å². The number of alkyl halides is 3. The van der Waals surface area contributed by atoms with E-state index in [2.05, 4.69) is 9.83 Å². The Balaban J connectivity index is 2.13. The van der Waals surface area contributed by atoms with E-state index in [4.69, 9.17) is 28.3 Å². The molecule has 8 heteroatoms. The van der Waals surface area contributed by atoms with Gasteiger partial charge in [-0.15, -0.1) is 0 Å². The largest absolute Gasteiger partial charge is 0.435 e. The predicted molar refractivity (Wildman–Crippen MR) is 80.1 cm³/mol. The van der Waals surface area contributed by atoms with Crippen LogP contribution in [0.25, 0.3) is 27.4 Å². The Hall–Kier alpha value is -2.72. The molecule has 1 heterocycles. The Kier molecular flexibility index (Phi) is 3.42. The number of rotatable bonds is 1. The van der Waals surface area contributed by atoms with Gasteiger partial charge in [0.25, 0.3) is 0 Å². The van der Waals surface area contributed by atoms with Crippen molar-refractivity contribution in [1.82, 2.24) is 4.98 Å². The van der Waals surface area contributed by atoms with Crippen molar-refractivity contribution in [3.63, 3.8) is 0 Å². The van der Waals surface area contributed by atoms with Crippen LogP contribution in [0.15, 0.2) is 34.7 Å². The van der Waals surface area contributed by atoms with Crippen molar-refractivity contribution in [2.24, 2.45) is 0 Å². The molecule has 0 amide bonds. The third-order valence-electron chi connectivity index (χ3n) is 3.22. The second-order valence-electron chi connectivity index (χ2n) is 4.67. The lowest BCUT2D eigenvalue weighted by Gasteiger charge is -2.05. The van der Waals surface area contributed by atoms with Gasteiger partial charge in [0.1, 0.15) is 5.52 Å². The molecule has 2 N–H and O–H groups in total. The Labute approximate surface area is 133 Å². The van der Waals surface area contributed by atoms with Crippen LogP contribution in [-0.4, -0.2) is 4.98 Å². The molecule has 116 valence electrons. The van der Waals surface area contributed by atoms with Gasteiger partial charge >= 0.3 is 6.18 Å². The van der Waals surface area contributed by atoms with Crippen LogP contribution in [0.3, 0.4) is 0 Å². The van der Waals surface area contributed by atoms with E-state index in [0.717, 1.165) is 12.1 Å². The Morgan fingerprint density at radius 2 is 1.87 bits per heavy atom. The van der Waals surface area contributed by atoms with E-state index in [1.807, 2.05) is 0 Å². The summed E-state index contributed by atoms with van der Waals surface area (Å²) in [5, 5.41) is 0.158. The number of hydrogen-bond donors (Lipinski definition) is 1. The molecule has 0 saturated carbocycles. The molecule has 0 aliphatic heterocycles. The molecule has 0 radical (unpaired) electrons. The van der Waals surface area contributed by atoms with Crippen molar-refractivity contribution in [3.05, 3.63) is 52.3 Å². The van der Waals surface area contributed by atoms with E-state index < -0.39 is 11.7 Å². The van der Waals surface area contributed by atoms with E-state index in [-0.39, 0.29) is 33.4 Å². The van der Waals surface area contributed by atoms with Gasteiger partial charge in [-0.1, -0.05) is 11.6 Å². The average molecular weight is 338 g/mol. The number of aromatic nitrogens is 1. The molecular weight excluding hydrogens is 331 g/mol. The first-order chi connectivity index (χ1) is 10.8. The van der Waals surface area contributed by atoms with Crippen LogP contribution in [0.5, 0.6) is 0 Å². The molecule has 23 heavy (non-hydrogen) atoms. The van der Waals surface area contributed by atoms with Crippen LogP contribution >= 0.6 is 11.6 Å². The second-order valence-corrected chi connectivity index (χ2v) is 5.08. The third-order valence-corrected chi connectivity index (χ3v) is 3.50. The number of nitrogens with zero attached hydrogens (tertiary/aromatic N) is 2. The van der Waals surface area contributed by atoms with E-state index in [1.165, 1.54) is 18.2 Å². The molecule has 4 nitrogen and oxygen atoms in total. The third kappa shape index (κ3) is 2.58. The predicted octanol–water partition coefficient (Wildman–Crippen LogP) is 5.30. The molecule has 3 aromatic rings. The van der Waals surface area contributed by atoms with Gasteiger partial charge in [-0.3, -0.25) is 0 Å². The van der Waals surface area contributed by atoms with Gasteiger partial charge in [0, 0.05) is 5.56 Å². The molecule has 3 rings (SSSR count). The maximum atomic E-state index is 12.6. The van der Waals surface area contributed by atoms with Crippen LogP contribution in [0, 0.1) is 6.57 Å². The van der Waals surface area contributed by atoms with E-state index in [1.54, 1.807) is 0 Å². The summed E-state index contributed by atoms with van der Waals surface area (Å²) in [6.45, 7) is 7.03. The van der Waals surface area contributed by atoms with Crippen LogP contribution in [-0.2, 0) is 6.18 Å². The Morgan fingerprint density at radius 3 is 2.43 bits per heavy atom. The zero-order valence-corrected chi connectivity index (χ0v) is 12.0. The number of hydrogen-bond acceptors (Lipinski definition) is 3. The quantitative estimate of drug-likeness (QED) is 0.484. The normalized spacial score (nSPS) is 11.6. The topological polar surface area (TPSA) is 56.4 Å². The van der Waals surface area contributed by atoms with Crippen molar-refractivity contribution in [2.75, 3.05) is 5.73 Å². The second kappa shape index (κ2) is 5.18. The molecule has 0 unspecified atom stereocenters. The summed E-state index contributed by atoms with van der Waals surface area (Å²) in [5.41, 5.74) is 6.04. The fourth-order valence-corrected chi connectivity index (χ4v) is 2.30. The number of benzene rings is 2. The molecule has 0 aliphatic rings. The molecule has 1 aromatic heterocycles. The van der Waals surface area contributed by atoms with Crippen LogP contribution in [0.2, 0.25) is 5.02 Å². The molecule has 0 aliphatic carbocycles. The summed E-state index contributed by atoms with van der Waals surface area (Å²) in [4.78, 5) is 7.38. The summed E-state index contributed by atoms with van der Waals surface area (Å²) in [6, 6.07) is 5.70. The van der Waals surface area contributed by atoms with Crippen molar-refractivity contribution in [1.29, 1.82) is 0 Å². The first kappa shape index (κ1) is 15.2. The number of anilines is 1. The van der Waals surface area contributed by atoms with E-state index in [0.29, 0.717) is 5.56 Å². The number of nitrogens with two attached hydrogens (primary N) is 1. The fraction of sp³-hybridized carbons (Fsp3) is 0.0667. The minimum Gasteiger partial charge on any atom is -0.435 e. The van der Waals surface area contributed by atoms with E-state index in [9.17, 15) is 13.2 Å². The highest BCUT2D eigenvalue weighted by Gasteiger charge is 2.30. The lowest BCUT2D eigenvalue weighted by atomic mass is 10.1. The summed E-state index contributed by atoms with van der Waals surface area (Å²) in [6.07, 6.45) is -4.42. The summed E-state index contributed by atoms with van der Waals surface area (Å²) in [7, 11) is 0. The smallest absolute Gasteiger partial charge is 0.416 e. The highest BCUT2D eigenvalue weighted by molar-refractivity contribution is 6.35. The summed E-state index contributed by atoms with van der Waals surface area (Å²) in [5.74, 6) is 0.0736. The van der Waals surface area contributed by atoms with Crippen LogP contribution in [0.1, 0.15) is 5.56 Å². The zero-order valence-electron chi connectivity index (χ0n) is 11.3. The first-order valence-corrected chi connectivity index (χ1v) is 6.62. The number of fused-ring (bicyclic) bond motifs is 1. The maximum Gasteiger partial charge on any atom is 0.416 e. The van der Waals surface area contributed by atoms with Gasteiger partial charge in [-0.25, -0.2) is 9.83 Å². The first-order valence-electron chi connectivity index (χ1n) is 6.25. The molecular formula is C15H7ClF3N3O. The van der Waals surface area contributed by atoms with E-state index >= 15 is 0 Å². The highest BCUT2D eigenvalue weighted by atomic mass is 35.5. The lowest BCUT2D eigenvalue weighted by molar-refractivity contribution is -0.137. The van der Waals surface area contributed by atoms with Crippen molar-refractivity contribution in [3.8, 4) is 11.5 Å². The standard InChI is InChI=1S/C15H7ClF3N3O/c1-21-10-6-9(16)13-12(11(10)20)22-14(23-13)7-2-4-8(5-3-7)15(17,18)19/h2-6H,20H2. The molecule has 0 saturated heterocycles. The van der Waals surface area contributed by atoms with Gasteiger partial charge < -0.3 is 10.2 Å². The molecule has 0 atom stereocenters. The number of halogens is 4. The van der Waals surface area contributed by atoms with Crippen LogP contribution < -0.4 is 5.73 Å². The van der Waals surface area contributed by atoms with Crippen molar-refractivity contribution >= 4 is 34.1 Å². The average Bonchev–Trinajstić information content (AvgIpc) is 2.96. The minimum absolute atomic E-state index is 0.0736. The van der Waals surface area contributed by atoms with Gasteiger partial charge in [-0.05, 0) is 30.3 Å². The molecule has 2 aromatic carbocycles. The van der Waals surface area contributed by atoms with Crippen molar-refractivity contribution < 1.29 is 17.6 Å². The highest BCUT2D eigenvalue weighted by Crippen LogP contribution is 2.39. The van der Waals surface area contributed by atoms with Gasteiger partial charge in [-0.2, -0.15) is 13.2 Å². The molecule has 0 fully saturated rings. The Morgan fingerprint density at radius 1 is 1.22 bits per heavy atom. The number of nitrogen functional groups attached to an aromatic ring is 1. The van der Waals surface area contributed by atoms with Gasteiger partial charge in [0.2, 0.25) is 11.6 Å². The van der Waals surface area contributed by atoms with Crippen molar-refractivity contribution in [2.45, 2.75) is 6.18 Å². The van der Waals surface area contributed by atoms with Gasteiger partial charge in [0.15, 0.2) is 5.58 Å². The Bertz CT molecular complexity index is 940. The molecule has 0 spiro atoms.